The van der Waals surface area contributed by atoms with Crippen molar-refractivity contribution >= 4 is 33.8 Å². The van der Waals surface area contributed by atoms with Gasteiger partial charge in [0, 0.05) is 60.5 Å². The number of hydrogen-bond donors (Lipinski definition) is 2. The predicted molar refractivity (Wildman–Crippen MR) is 118 cm³/mol. The van der Waals surface area contributed by atoms with Gasteiger partial charge >= 0.3 is 6.36 Å². The largest absolute Gasteiger partial charge is 0.573 e. The molecule has 9 nitrogen and oxygen atoms in total. The number of halogens is 3. The van der Waals surface area contributed by atoms with Crippen LogP contribution in [0.15, 0.2) is 42.5 Å². The van der Waals surface area contributed by atoms with Crippen molar-refractivity contribution in [3.05, 3.63) is 53.7 Å². The molecule has 2 atom stereocenters. The highest BCUT2D eigenvalue weighted by Gasteiger charge is 2.43. The molecule has 0 aliphatic carbocycles. The number of fused-ring (bicyclic) bond motifs is 3. The number of likely N-dealkylation sites (tertiary alicyclic amines) is 2. The molecule has 2 amide bonds. The summed E-state index contributed by atoms with van der Waals surface area (Å²) in [6.07, 6.45) is -4.79. The summed E-state index contributed by atoms with van der Waals surface area (Å²) in [6.45, 7) is 2.12. The van der Waals surface area contributed by atoms with Gasteiger partial charge in [-0.2, -0.15) is 0 Å². The van der Waals surface area contributed by atoms with Gasteiger partial charge in [0.25, 0.3) is 11.8 Å². The number of nitrogens with one attached hydrogen (secondary N) is 2. The summed E-state index contributed by atoms with van der Waals surface area (Å²) in [5, 5.41) is 11.1. The van der Waals surface area contributed by atoms with Crippen LogP contribution in [0.5, 0.6) is 5.75 Å². The number of aromatic nitrogens is 4. The fraction of sp³-hybridized carbons (Fsp3) is 0.304. The predicted octanol–water partition coefficient (Wildman–Crippen LogP) is 3.18. The molecule has 2 aromatic heterocycles. The van der Waals surface area contributed by atoms with E-state index in [0.29, 0.717) is 53.9 Å². The SMILES string of the molecule is O=C(c1ccc2[nH]nnc2c1)N1C[C@H]2CN(C(=O)c3cc4ccc(OC(F)(F)F)cc4[nH]3)C[C@@H]2C1. The molecule has 180 valence electrons. The standard InChI is InChI=1S/C23H19F3N6O3/c24-23(25,26)35-16-3-1-12-5-20(27-18(12)7-16)22(34)32-10-14-8-31(9-15(14)11-32)21(33)13-2-4-17-19(6-13)29-30-28-17/h1-7,14-15,27H,8-11H2,(H,28,29,30)/t14-,15-/m0/s1. The van der Waals surface area contributed by atoms with Crippen LogP contribution in [0, 0.1) is 11.8 Å². The van der Waals surface area contributed by atoms with Gasteiger partial charge in [-0.05, 0) is 36.4 Å². The topological polar surface area (TPSA) is 107 Å². The number of ether oxygens (including phenoxy) is 1. The van der Waals surface area contributed by atoms with Crippen LogP contribution in [0.2, 0.25) is 0 Å². The molecule has 6 rings (SSSR count). The van der Waals surface area contributed by atoms with Gasteiger partial charge in [0.15, 0.2) is 0 Å². The number of nitrogens with zero attached hydrogens (tertiary/aromatic N) is 4. The molecule has 0 bridgehead atoms. The minimum absolute atomic E-state index is 0.0744. The van der Waals surface area contributed by atoms with Crippen molar-refractivity contribution in [3.63, 3.8) is 0 Å². The molecule has 4 aromatic rings. The number of carbonyl (C=O) groups is 2. The minimum atomic E-state index is -4.79. The number of amides is 2. The third kappa shape index (κ3) is 3.94. The highest BCUT2D eigenvalue weighted by molar-refractivity contribution is 5.99. The molecular weight excluding hydrogens is 465 g/mol. The molecule has 2 fully saturated rings. The van der Waals surface area contributed by atoms with E-state index in [2.05, 4.69) is 25.1 Å². The number of hydrogen-bond acceptors (Lipinski definition) is 5. The normalized spacial score (nSPS) is 20.1. The molecule has 0 radical (unpaired) electrons. The van der Waals surface area contributed by atoms with Crippen molar-refractivity contribution in [2.45, 2.75) is 6.36 Å². The van der Waals surface area contributed by atoms with Gasteiger partial charge in [-0.1, -0.05) is 5.21 Å². The minimum Gasteiger partial charge on any atom is -0.406 e. The van der Waals surface area contributed by atoms with Crippen LogP contribution in [0.4, 0.5) is 13.2 Å². The lowest BCUT2D eigenvalue weighted by molar-refractivity contribution is -0.274. The maximum Gasteiger partial charge on any atom is 0.573 e. The van der Waals surface area contributed by atoms with E-state index in [1.54, 1.807) is 29.2 Å². The Hall–Kier alpha value is -4.09. The van der Waals surface area contributed by atoms with Gasteiger partial charge in [0.1, 0.15) is 17.0 Å². The summed E-state index contributed by atoms with van der Waals surface area (Å²) in [6, 6.07) is 10.8. The van der Waals surface area contributed by atoms with Crippen molar-refractivity contribution < 1.29 is 27.5 Å². The average molecular weight is 484 g/mol. The molecule has 2 aromatic carbocycles. The third-order valence-electron chi connectivity index (χ3n) is 6.69. The summed E-state index contributed by atoms with van der Waals surface area (Å²) in [7, 11) is 0. The first-order valence-corrected chi connectivity index (χ1v) is 11.0. The molecule has 12 heteroatoms. The van der Waals surface area contributed by atoms with Crippen LogP contribution in [0.25, 0.3) is 21.9 Å². The van der Waals surface area contributed by atoms with Gasteiger partial charge in [0.2, 0.25) is 0 Å². The zero-order chi connectivity index (χ0) is 24.3. The number of rotatable bonds is 3. The quantitative estimate of drug-likeness (QED) is 0.465. The molecule has 0 unspecified atom stereocenters. The molecular formula is C23H19F3N6O3. The highest BCUT2D eigenvalue weighted by Crippen LogP contribution is 2.33. The van der Waals surface area contributed by atoms with Crippen LogP contribution in [0.1, 0.15) is 20.8 Å². The summed E-state index contributed by atoms with van der Waals surface area (Å²) in [5.74, 6) is -0.323. The Labute approximate surface area is 195 Å². The first-order valence-electron chi connectivity index (χ1n) is 11.0. The first-order chi connectivity index (χ1) is 16.7. The Morgan fingerprint density at radius 2 is 1.63 bits per heavy atom. The number of benzene rings is 2. The molecule has 35 heavy (non-hydrogen) atoms. The Bertz CT molecular complexity index is 1450. The van der Waals surface area contributed by atoms with E-state index in [-0.39, 0.29) is 29.4 Å². The van der Waals surface area contributed by atoms with Crippen LogP contribution in [-0.4, -0.2) is 74.6 Å². The molecule has 2 aliphatic rings. The summed E-state index contributed by atoms with van der Waals surface area (Å²) >= 11 is 0. The monoisotopic (exact) mass is 484 g/mol. The zero-order valence-corrected chi connectivity index (χ0v) is 18.2. The van der Waals surface area contributed by atoms with Gasteiger partial charge in [-0.25, -0.2) is 0 Å². The first kappa shape index (κ1) is 21.4. The van der Waals surface area contributed by atoms with E-state index in [1.165, 1.54) is 18.2 Å². The van der Waals surface area contributed by atoms with Crippen molar-refractivity contribution in [3.8, 4) is 5.75 Å². The van der Waals surface area contributed by atoms with Crippen LogP contribution in [0.3, 0.4) is 0 Å². The third-order valence-corrected chi connectivity index (χ3v) is 6.69. The molecule has 2 N–H and O–H groups in total. The number of alkyl halides is 3. The number of aromatic amines is 2. The van der Waals surface area contributed by atoms with Gasteiger partial charge in [0.05, 0.1) is 5.52 Å². The van der Waals surface area contributed by atoms with Crippen LogP contribution >= 0.6 is 0 Å². The molecule has 0 spiro atoms. The van der Waals surface area contributed by atoms with E-state index in [9.17, 15) is 22.8 Å². The molecule has 2 saturated heterocycles. The lowest BCUT2D eigenvalue weighted by Crippen LogP contribution is -2.35. The Morgan fingerprint density at radius 1 is 0.914 bits per heavy atom. The van der Waals surface area contributed by atoms with Gasteiger partial charge < -0.3 is 19.5 Å². The summed E-state index contributed by atoms with van der Waals surface area (Å²) in [4.78, 5) is 32.5. The van der Waals surface area contributed by atoms with Crippen molar-refractivity contribution in [1.29, 1.82) is 0 Å². The highest BCUT2D eigenvalue weighted by atomic mass is 19.4. The molecule has 0 saturated carbocycles. The fourth-order valence-electron chi connectivity index (χ4n) is 5.07. The van der Waals surface area contributed by atoms with E-state index in [0.717, 1.165) is 5.52 Å². The lowest BCUT2D eigenvalue weighted by atomic mass is 10.0. The number of carbonyl (C=O) groups excluding carboxylic acids is 2. The van der Waals surface area contributed by atoms with Crippen molar-refractivity contribution in [1.82, 2.24) is 30.2 Å². The van der Waals surface area contributed by atoms with Crippen LogP contribution < -0.4 is 4.74 Å². The van der Waals surface area contributed by atoms with Crippen molar-refractivity contribution in [2.24, 2.45) is 11.8 Å². The number of H-pyrrole nitrogens is 2. The maximum absolute atomic E-state index is 13.1. The van der Waals surface area contributed by atoms with Gasteiger partial charge in [-0.15, -0.1) is 18.3 Å². The van der Waals surface area contributed by atoms with Crippen LogP contribution in [-0.2, 0) is 0 Å². The van der Waals surface area contributed by atoms with E-state index in [1.807, 2.05) is 4.90 Å². The smallest absolute Gasteiger partial charge is 0.406 e. The second-order valence-corrected chi connectivity index (χ2v) is 8.96. The Morgan fingerprint density at radius 3 is 2.34 bits per heavy atom. The second-order valence-electron chi connectivity index (χ2n) is 8.96. The Balaban J connectivity index is 1.12. The fourth-order valence-corrected chi connectivity index (χ4v) is 5.07. The summed E-state index contributed by atoms with van der Waals surface area (Å²) < 4.78 is 41.4. The van der Waals surface area contributed by atoms with E-state index < -0.39 is 6.36 Å². The maximum atomic E-state index is 13.1. The van der Waals surface area contributed by atoms with E-state index >= 15 is 0 Å². The van der Waals surface area contributed by atoms with Gasteiger partial charge in [-0.3, -0.25) is 14.7 Å². The molecule has 4 heterocycles. The van der Waals surface area contributed by atoms with Crippen molar-refractivity contribution in [2.75, 3.05) is 26.2 Å². The second kappa shape index (κ2) is 7.72. The summed E-state index contributed by atoms with van der Waals surface area (Å²) in [5.41, 5.74) is 2.62. The molecule has 2 aliphatic heterocycles. The Kier molecular flexibility index (Phi) is 4.73. The van der Waals surface area contributed by atoms with E-state index in [4.69, 9.17) is 0 Å². The average Bonchev–Trinajstić information content (AvgIpc) is 3.58. The zero-order valence-electron chi connectivity index (χ0n) is 18.2. The lowest BCUT2D eigenvalue weighted by Gasteiger charge is -2.21.